The minimum Gasteiger partial charge on any atom is -0.350 e. The predicted molar refractivity (Wildman–Crippen MR) is 117 cm³/mol. The maximum atomic E-state index is 13.2. The number of carbonyl (C=O) groups excluding carboxylic acids is 2. The molecule has 0 radical (unpaired) electrons. The Morgan fingerprint density at radius 3 is 2.63 bits per heavy atom. The lowest BCUT2D eigenvalue weighted by Gasteiger charge is -2.13. The molecule has 2 amide bonds. The number of nitrogens with zero attached hydrogens (tertiary/aromatic N) is 3. The van der Waals surface area contributed by atoms with Gasteiger partial charge >= 0.3 is 0 Å². The molecular formula is C23H27N5O2. The Morgan fingerprint density at radius 1 is 1.03 bits per heavy atom. The standard InChI is InChI=1S/C23H27N5O2/c1-14(2)24-22(29)16-9-6-7-10-18(16)26-23(30)17-13-15(3)25-21-20(17)27-19-11-5-4-8-12-28(19)21/h6-7,9-10,13-14H,4-5,8,11-12H2,1-3H3,(H,24,29)(H,26,30). The van der Waals surface area contributed by atoms with Crippen molar-refractivity contribution in [2.24, 2.45) is 0 Å². The van der Waals surface area contributed by atoms with Gasteiger partial charge in [-0.15, -0.1) is 0 Å². The highest BCUT2D eigenvalue weighted by Crippen LogP contribution is 2.25. The highest BCUT2D eigenvalue weighted by molar-refractivity contribution is 6.13. The highest BCUT2D eigenvalue weighted by Gasteiger charge is 2.22. The van der Waals surface area contributed by atoms with Gasteiger partial charge in [-0.2, -0.15) is 0 Å². The normalized spacial score (nSPS) is 13.7. The van der Waals surface area contributed by atoms with Crippen LogP contribution < -0.4 is 10.6 Å². The topological polar surface area (TPSA) is 88.9 Å². The third-order valence-corrected chi connectivity index (χ3v) is 5.28. The molecule has 0 aliphatic carbocycles. The van der Waals surface area contributed by atoms with Gasteiger partial charge < -0.3 is 15.2 Å². The monoisotopic (exact) mass is 405 g/mol. The molecule has 7 nitrogen and oxygen atoms in total. The van der Waals surface area contributed by atoms with E-state index in [2.05, 4.69) is 20.2 Å². The molecule has 0 saturated carbocycles. The molecule has 2 aromatic heterocycles. The van der Waals surface area contributed by atoms with E-state index < -0.39 is 0 Å². The van der Waals surface area contributed by atoms with Crippen molar-refractivity contribution in [2.75, 3.05) is 5.32 Å². The second-order valence-corrected chi connectivity index (χ2v) is 8.10. The van der Waals surface area contributed by atoms with Crippen LogP contribution in [0.15, 0.2) is 30.3 Å². The summed E-state index contributed by atoms with van der Waals surface area (Å²) < 4.78 is 2.15. The van der Waals surface area contributed by atoms with Crippen molar-refractivity contribution < 1.29 is 9.59 Å². The molecule has 3 aromatic rings. The molecule has 0 fully saturated rings. The maximum Gasteiger partial charge on any atom is 0.258 e. The molecule has 1 aromatic carbocycles. The van der Waals surface area contributed by atoms with Gasteiger partial charge in [0.15, 0.2) is 5.65 Å². The lowest BCUT2D eigenvalue weighted by atomic mass is 10.1. The summed E-state index contributed by atoms with van der Waals surface area (Å²) in [5, 5.41) is 5.79. The molecule has 0 unspecified atom stereocenters. The Balaban J connectivity index is 1.71. The lowest BCUT2D eigenvalue weighted by Crippen LogP contribution is -2.31. The Kier molecular flexibility index (Phi) is 5.53. The molecule has 0 spiro atoms. The molecule has 0 atom stereocenters. The summed E-state index contributed by atoms with van der Waals surface area (Å²) in [5.41, 5.74) is 3.55. The Bertz CT molecular complexity index is 1120. The van der Waals surface area contributed by atoms with Crippen LogP contribution in [-0.2, 0) is 13.0 Å². The number of aromatic nitrogens is 3. The van der Waals surface area contributed by atoms with Crippen LogP contribution in [0.1, 0.15) is 65.3 Å². The zero-order valence-corrected chi connectivity index (χ0v) is 17.7. The van der Waals surface area contributed by atoms with E-state index in [1.165, 1.54) is 6.42 Å². The fourth-order valence-corrected chi connectivity index (χ4v) is 3.91. The molecule has 7 heteroatoms. The van der Waals surface area contributed by atoms with Crippen molar-refractivity contribution in [1.82, 2.24) is 19.9 Å². The van der Waals surface area contributed by atoms with Gasteiger partial charge in [0, 0.05) is 24.7 Å². The van der Waals surface area contributed by atoms with Crippen molar-refractivity contribution in [3.05, 3.63) is 53.0 Å². The van der Waals surface area contributed by atoms with E-state index >= 15 is 0 Å². The second-order valence-electron chi connectivity index (χ2n) is 8.10. The summed E-state index contributed by atoms with van der Waals surface area (Å²) >= 11 is 0. The first-order chi connectivity index (χ1) is 14.4. The third-order valence-electron chi connectivity index (χ3n) is 5.28. The van der Waals surface area contributed by atoms with Crippen LogP contribution >= 0.6 is 0 Å². The molecule has 1 aliphatic heterocycles. The Morgan fingerprint density at radius 2 is 1.83 bits per heavy atom. The van der Waals surface area contributed by atoms with Gasteiger partial charge in [-0.3, -0.25) is 9.59 Å². The number of imidazole rings is 1. The van der Waals surface area contributed by atoms with E-state index in [1.807, 2.05) is 20.8 Å². The van der Waals surface area contributed by atoms with Crippen molar-refractivity contribution in [3.8, 4) is 0 Å². The predicted octanol–water partition coefficient (Wildman–Crippen LogP) is 3.86. The first-order valence-electron chi connectivity index (χ1n) is 10.5. The number of nitrogens with one attached hydrogen (secondary N) is 2. The van der Waals surface area contributed by atoms with E-state index in [4.69, 9.17) is 4.98 Å². The minimum atomic E-state index is -0.288. The fourth-order valence-electron chi connectivity index (χ4n) is 3.91. The third kappa shape index (κ3) is 3.92. The highest BCUT2D eigenvalue weighted by atomic mass is 16.2. The first-order valence-corrected chi connectivity index (χ1v) is 10.5. The van der Waals surface area contributed by atoms with E-state index in [-0.39, 0.29) is 17.9 Å². The van der Waals surface area contributed by atoms with Crippen LogP contribution in [-0.4, -0.2) is 32.4 Å². The van der Waals surface area contributed by atoms with Crippen LogP contribution in [0, 0.1) is 6.92 Å². The number of fused-ring (bicyclic) bond motifs is 3. The van der Waals surface area contributed by atoms with Crippen LogP contribution in [0.4, 0.5) is 5.69 Å². The molecule has 1 aliphatic rings. The van der Waals surface area contributed by atoms with Gasteiger partial charge in [0.05, 0.1) is 16.8 Å². The number of hydrogen-bond acceptors (Lipinski definition) is 4. The summed E-state index contributed by atoms with van der Waals surface area (Å²) in [6.07, 6.45) is 4.27. The summed E-state index contributed by atoms with van der Waals surface area (Å²) in [4.78, 5) is 35.2. The van der Waals surface area contributed by atoms with Gasteiger partial charge in [0.1, 0.15) is 11.3 Å². The summed E-state index contributed by atoms with van der Waals surface area (Å²) in [6.45, 7) is 6.56. The van der Waals surface area contributed by atoms with Crippen LogP contribution in [0.3, 0.4) is 0 Å². The first kappa shape index (κ1) is 20.1. The number of rotatable bonds is 4. The second kappa shape index (κ2) is 8.26. The van der Waals surface area contributed by atoms with E-state index in [0.717, 1.165) is 43.0 Å². The molecule has 4 rings (SSSR count). The Labute approximate surface area is 175 Å². The average Bonchev–Trinajstić information content (AvgIpc) is 2.88. The number of anilines is 1. The van der Waals surface area contributed by atoms with Gasteiger partial charge in [-0.05, 0) is 51.8 Å². The zero-order valence-electron chi connectivity index (χ0n) is 17.7. The SMILES string of the molecule is Cc1cc(C(=O)Nc2ccccc2C(=O)NC(C)C)c2nc3n(c2n1)CCCCC3. The number of amides is 2. The van der Waals surface area contributed by atoms with E-state index in [0.29, 0.717) is 22.3 Å². The van der Waals surface area contributed by atoms with Crippen molar-refractivity contribution >= 4 is 28.7 Å². The number of benzene rings is 1. The van der Waals surface area contributed by atoms with Crippen molar-refractivity contribution in [2.45, 2.75) is 59.0 Å². The van der Waals surface area contributed by atoms with E-state index in [9.17, 15) is 9.59 Å². The smallest absolute Gasteiger partial charge is 0.258 e. The van der Waals surface area contributed by atoms with Gasteiger partial charge in [-0.25, -0.2) is 9.97 Å². The largest absolute Gasteiger partial charge is 0.350 e. The number of para-hydroxylation sites is 1. The lowest BCUT2D eigenvalue weighted by molar-refractivity contribution is 0.0944. The molecule has 0 saturated heterocycles. The summed E-state index contributed by atoms with van der Waals surface area (Å²) in [5.74, 6) is 0.487. The Hall–Kier alpha value is -3.22. The van der Waals surface area contributed by atoms with E-state index in [1.54, 1.807) is 30.3 Å². The van der Waals surface area contributed by atoms with Crippen LogP contribution in [0.2, 0.25) is 0 Å². The number of pyridine rings is 1. The van der Waals surface area contributed by atoms with Crippen molar-refractivity contribution in [1.29, 1.82) is 0 Å². The fraction of sp³-hybridized carbons (Fsp3) is 0.391. The van der Waals surface area contributed by atoms with Gasteiger partial charge in [-0.1, -0.05) is 18.6 Å². The molecule has 156 valence electrons. The number of hydrogen-bond donors (Lipinski definition) is 2. The number of aryl methyl sites for hydroxylation is 3. The minimum absolute atomic E-state index is 0.00433. The number of carbonyl (C=O) groups is 2. The van der Waals surface area contributed by atoms with Crippen molar-refractivity contribution in [3.63, 3.8) is 0 Å². The van der Waals surface area contributed by atoms with Crippen LogP contribution in [0.5, 0.6) is 0 Å². The van der Waals surface area contributed by atoms with Gasteiger partial charge in [0.2, 0.25) is 0 Å². The molecule has 3 heterocycles. The summed E-state index contributed by atoms with van der Waals surface area (Å²) in [6, 6.07) is 8.80. The maximum absolute atomic E-state index is 13.2. The quantitative estimate of drug-likeness (QED) is 0.690. The molecular weight excluding hydrogens is 378 g/mol. The average molecular weight is 406 g/mol. The zero-order chi connectivity index (χ0) is 21.3. The molecule has 0 bridgehead atoms. The molecule has 30 heavy (non-hydrogen) atoms. The van der Waals surface area contributed by atoms with Crippen LogP contribution in [0.25, 0.3) is 11.2 Å². The summed E-state index contributed by atoms with van der Waals surface area (Å²) in [7, 11) is 0. The van der Waals surface area contributed by atoms with Gasteiger partial charge in [0.25, 0.3) is 11.8 Å². The molecule has 2 N–H and O–H groups in total.